The van der Waals surface area contributed by atoms with Crippen LogP contribution in [0.25, 0.3) is 0 Å². The summed E-state index contributed by atoms with van der Waals surface area (Å²) in [5, 5.41) is 19.4. The van der Waals surface area contributed by atoms with Gasteiger partial charge in [-0.3, -0.25) is 0 Å². The van der Waals surface area contributed by atoms with Crippen molar-refractivity contribution in [3.63, 3.8) is 0 Å². The lowest BCUT2D eigenvalue weighted by Gasteiger charge is -2.37. The largest absolute Gasteiger partial charge is 0.395 e. The van der Waals surface area contributed by atoms with Crippen molar-refractivity contribution >= 4 is 0 Å². The van der Waals surface area contributed by atoms with Gasteiger partial charge in [-0.25, -0.2) is 0 Å². The van der Waals surface area contributed by atoms with Crippen LogP contribution in [-0.2, 0) is 0 Å². The maximum Gasteiger partial charge on any atom is 0.0678 e. The van der Waals surface area contributed by atoms with E-state index in [1.54, 1.807) is 6.08 Å². The van der Waals surface area contributed by atoms with Crippen LogP contribution in [0, 0.1) is 11.3 Å². The summed E-state index contributed by atoms with van der Waals surface area (Å²) in [7, 11) is 0. The maximum absolute atomic E-state index is 10.2. The average molecular weight is 198 g/mol. The quantitative estimate of drug-likeness (QED) is 0.679. The van der Waals surface area contributed by atoms with E-state index in [0.29, 0.717) is 5.92 Å². The van der Waals surface area contributed by atoms with Gasteiger partial charge in [-0.05, 0) is 18.8 Å². The number of rotatable bonds is 4. The molecular formula is C12H22O2. The number of aliphatic hydroxyl groups is 2. The highest BCUT2D eigenvalue weighted by molar-refractivity contribution is 4.99. The summed E-state index contributed by atoms with van der Waals surface area (Å²) in [6.07, 6.45) is 7.13. The van der Waals surface area contributed by atoms with Gasteiger partial charge in [-0.1, -0.05) is 32.3 Å². The highest BCUT2D eigenvalue weighted by Crippen LogP contribution is 2.35. The highest BCUT2D eigenvalue weighted by Gasteiger charge is 2.35. The number of hydrogen-bond acceptors (Lipinski definition) is 2. The molecule has 1 unspecified atom stereocenters. The summed E-state index contributed by atoms with van der Waals surface area (Å²) >= 11 is 0. The summed E-state index contributed by atoms with van der Waals surface area (Å²) in [5.74, 6) is 0.346. The molecule has 2 atom stereocenters. The van der Waals surface area contributed by atoms with Crippen LogP contribution >= 0.6 is 0 Å². The van der Waals surface area contributed by atoms with Crippen LogP contribution in [0.3, 0.4) is 0 Å². The Kier molecular flexibility index (Phi) is 4.14. The zero-order valence-corrected chi connectivity index (χ0v) is 9.08. The Morgan fingerprint density at radius 3 is 2.43 bits per heavy atom. The van der Waals surface area contributed by atoms with Gasteiger partial charge in [0.25, 0.3) is 0 Å². The standard InChI is InChI=1S/C12H22O2/c1-3-12(2,9-13)11(14)10-7-5-4-6-8-10/h3,10-11,13-14H,1,4-9H2,2H3/t11?,12-/m0/s1. The minimum atomic E-state index is -0.526. The van der Waals surface area contributed by atoms with Crippen molar-refractivity contribution in [2.24, 2.45) is 11.3 Å². The highest BCUT2D eigenvalue weighted by atomic mass is 16.3. The molecule has 0 spiro atoms. The number of hydrogen-bond donors (Lipinski definition) is 2. The minimum absolute atomic E-state index is 0.0197. The van der Waals surface area contributed by atoms with E-state index in [9.17, 15) is 10.2 Å². The molecule has 1 fully saturated rings. The van der Waals surface area contributed by atoms with Gasteiger partial charge in [0.2, 0.25) is 0 Å². The third-order valence-corrected chi connectivity index (χ3v) is 3.58. The molecule has 0 radical (unpaired) electrons. The van der Waals surface area contributed by atoms with E-state index >= 15 is 0 Å². The Labute approximate surface area is 86.6 Å². The fraction of sp³-hybridized carbons (Fsp3) is 0.833. The lowest BCUT2D eigenvalue weighted by atomic mass is 9.73. The lowest BCUT2D eigenvalue weighted by molar-refractivity contribution is -0.0228. The normalized spacial score (nSPS) is 25.4. The second-order valence-corrected chi connectivity index (χ2v) is 4.71. The van der Waals surface area contributed by atoms with E-state index in [1.165, 1.54) is 19.3 Å². The third kappa shape index (κ3) is 2.37. The summed E-state index contributed by atoms with van der Waals surface area (Å²) in [6, 6.07) is 0. The first-order valence-electron chi connectivity index (χ1n) is 5.56. The first-order valence-corrected chi connectivity index (χ1v) is 5.56. The molecule has 82 valence electrons. The van der Waals surface area contributed by atoms with Crippen molar-refractivity contribution in [1.29, 1.82) is 0 Å². The molecule has 2 nitrogen and oxygen atoms in total. The monoisotopic (exact) mass is 198 g/mol. The van der Waals surface area contributed by atoms with Gasteiger partial charge in [0.15, 0.2) is 0 Å². The van der Waals surface area contributed by atoms with Crippen LogP contribution < -0.4 is 0 Å². The van der Waals surface area contributed by atoms with Gasteiger partial charge in [0.1, 0.15) is 0 Å². The first kappa shape index (κ1) is 11.7. The van der Waals surface area contributed by atoms with Crippen molar-refractivity contribution in [2.45, 2.75) is 45.1 Å². The van der Waals surface area contributed by atoms with E-state index < -0.39 is 11.5 Å². The second kappa shape index (κ2) is 4.94. The van der Waals surface area contributed by atoms with Crippen molar-refractivity contribution in [2.75, 3.05) is 6.61 Å². The summed E-state index contributed by atoms with van der Waals surface area (Å²) in [6.45, 7) is 5.55. The predicted octanol–water partition coefficient (Wildman–Crippen LogP) is 2.11. The molecule has 14 heavy (non-hydrogen) atoms. The molecule has 1 saturated carbocycles. The van der Waals surface area contributed by atoms with Crippen molar-refractivity contribution in [1.82, 2.24) is 0 Å². The van der Waals surface area contributed by atoms with E-state index in [4.69, 9.17) is 0 Å². The van der Waals surface area contributed by atoms with Gasteiger partial charge in [-0.15, -0.1) is 6.58 Å². The smallest absolute Gasteiger partial charge is 0.0678 e. The van der Waals surface area contributed by atoms with Crippen molar-refractivity contribution in [3.8, 4) is 0 Å². The van der Waals surface area contributed by atoms with Gasteiger partial charge >= 0.3 is 0 Å². The van der Waals surface area contributed by atoms with E-state index in [2.05, 4.69) is 6.58 Å². The van der Waals surface area contributed by atoms with Gasteiger partial charge in [0, 0.05) is 5.41 Å². The molecule has 0 aliphatic heterocycles. The summed E-state index contributed by atoms with van der Waals surface area (Å²) in [5.41, 5.74) is -0.526. The Morgan fingerprint density at radius 1 is 1.43 bits per heavy atom. The zero-order chi connectivity index (χ0) is 10.6. The molecule has 0 aromatic rings. The molecule has 0 amide bonds. The van der Waals surface area contributed by atoms with E-state index in [1.807, 2.05) is 6.92 Å². The SMILES string of the molecule is C=C[C@@](C)(CO)C(O)C1CCCCC1. The molecule has 1 rings (SSSR count). The van der Waals surface area contributed by atoms with E-state index in [-0.39, 0.29) is 6.61 Å². The van der Waals surface area contributed by atoms with Crippen molar-refractivity contribution in [3.05, 3.63) is 12.7 Å². The van der Waals surface area contributed by atoms with E-state index in [0.717, 1.165) is 12.8 Å². The Morgan fingerprint density at radius 2 is 2.00 bits per heavy atom. The number of aliphatic hydroxyl groups excluding tert-OH is 2. The Bertz CT molecular complexity index is 185. The van der Waals surface area contributed by atoms with Crippen LogP contribution in [0.5, 0.6) is 0 Å². The van der Waals surface area contributed by atoms with Gasteiger partial charge in [0.05, 0.1) is 12.7 Å². The predicted molar refractivity (Wildman–Crippen MR) is 58.0 cm³/mol. The van der Waals surface area contributed by atoms with Crippen LogP contribution in [-0.4, -0.2) is 22.9 Å². The van der Waals surface area contributed by atoms with Gasteiger partial charge < -0.3 is 10.2 Å². The Hall–Kier alpha value is -0.340. The zero-order valence-electron chi connectivity index (χ0n) is 9.08. The topological polar surface area (TPSA) is 40.5 Å². The van der Waals surface area contributed by atoms with Crippen LogP contribution in [0.15, 0.2) is 12.7 Å². The van der Waals surface area contributed by atoms with Crippen LogP contribution in [0.2, 0.25) is 0 Å². The fourth-order valence-corrected chi connectivity index (χ4v) is 2.27. The Balaban J connectivity index is 2.60. The molecule has 0 heterocycles. The molecule has 0 aromatic heterocycles. The fourth-order valence-electron chi connectivity index (χ4n) is 2.27. The maximum atomic E-state index is 10.2. The summed E-state index contributed by atoms with van der Waals surface area (Å²) in [4.78, 5) is 0. The molecule has 2 heteroatoms. The lowest BCUT2D eigenvalue weighted by Crippen LogP contribution is -2.40. The molecule has 0 aromatic carbocycles. The third-order valence-electron chi connectivity index (χ3n) is 3.58. The molecule has 2 N–H and O–H groups in total. The molecule has 0 saturated heterocycles. The molecule has 1 aliphatic carbocycles. The summed E-state index contributed by atoms with van der Waals surface area (Å²) < 4.78 is 0. The van der Waals surface area contributed by atoms with Crippen LogP contribution in [0.1, 0.15) is 39.0 Å². The molecular weight excluding hydrogens is 176 g/mol. The van der Waals surface area contributed by atoms with Gasteiger partial charge in [-0.2, -0.15) is 0 Å². The van der Waals surface area contributed by atoms with Crippen molar-refractivity contribution < 1.29 is 10.2 Å². The first-order chi connectivity index (χ1) is 6.64. The second-order valence-electron chi connectivity index (χ2n) is 4.71. The average Bonchev–Trinajstić information content (AvgIpc) is 2.28. The molecule has 1 aliphatic rings. The molecule has 0 bridgehead atoms. The van der Waals surface area contributed by atoms with Crippen LogP contribution in [0.4, 0.5) is 0 Å². The minimum Gasteiger partial charge on any atom is -0.395 e.